The van der Waals surface area contributed by atoms with E-state index in [1.165, 1.54) is 23.3 Å². The summed E-state index contributed by atoms with van der Waals surface area (Å²) in [6.07, 6.45) is 4.35. The highest BCUT2D eigenvalue weighted by Crippen LogP contribution is 2.56. The SMILES string of the molecule is C[C@]12Cc3cnn(-c4ccc(F)cc4)c3C=C1CC[C@@H]1C[C@H](C(F)(F)F)CC=C12. The van der Waals surface area contributed by atoms with Gasteiger partial charge in [-0.15, -0.1) is 0 Å². The summed E-state index contributed by atoms with van der Waals surface area (Å²) >= 11 is 0. The zero-order valence-electron chi connectivity index (χ0n) is 16.1. The van der Waals surface area contributed by atoms with Gasteiger partial charge in [0.15, 0.2) is 0 Å². The summed E-state index contributed by atoms with van der Waals surface area (Å²) < 4.78 is 54.8. The molecule has 0 spiro atoms. The minimum absolute atomic E-state index is 0.00576. The summed E-state index contributed by atoms with van der Waals surface area (Å²) in [5.74, 6) is -1.50. The molecule has 1 saturated carbocycles. The highest BCUT2D eigenvalue weighted by molar-refractivity contribution is 5.63. The lowest BCUT2D eigenvalue weighted by molar-refractivity contribution is -0.179. The van der Waals surface area contributed by atoms with Crippen molar-refractivity contribution in [1.82, 2.24) is 9.78 Å². The van der Waals surface area contributed by atoms with Crippen LogP contribution in [0.2, 0.25) is 0 Å². The Hall–Kier alpha value is -2.37. The second-order valence-electron chi connectivity index (χ2n) is 8.73. The number of fused-ring (bicyclic) bond motifs is 4. The second-order valence-corrected chi connectivity index (χ2v) is 8.73. The normalized spacial score (nSPS) is 28.7. The highest BCUT2D eigenvalue weighted by atomic mass is 19.4. The summed E-state index contributed by atoms with van der Waals surface area (Å²) in [6, 6.07) is 6.23. The quantitative estimate of drug-likeness (QED) is 0.406. The van der Waals surface area contributed by atoms with Crippen molar-refractivity contribution in [3.63, 3.8) is 0 Å². The van der Waals surface area contributed by atoms with E-state index in [0.29, 0.717) is 0 Å². The van der Waals surface area contributed by atoms with Crippen LogP contribution in [0.3, 0.4) is 0 Å². The predicted molar refractivity (Wildman–Crippen MR) is 103 cm³/mol. The number of alkyl halides is 3. The molecule has 29 heavy (non-hydrogen) atoms. The molecule has 3 aliphatic rings. The number of hydrogen-bond acceptors (Lipinski definition) is 1. The number of aromatic nitrogens is 2. The van der Waals surface area contributed by atoms with Crippen LogP contribution < -0.4 is 0 Å². The van der Waals surface area contributed by atoms with Crippen molar-refractivity contribution in [2.75, 3.05) is 0 Å². The Labute approximate surface area is 166 Å². The van der Waals surface area contributed by atoms with E-state index in [1.54, 1.807) is 12.1 Å². The standard InChI is InChI=1S/C23H22F4N2/c1-22-12-15-13-28-29(19-7-5-18(24)6-8-19)21(15)11-16(22)3-2-14-10-17(23(25,26)27)4-9-20(14)22/h5-9,11,13-14,17H,2-4,10,12H2,1H3/t14-,17-,22+/m1/s1. The van der Waals surface area contributed by atoms with E-state index in [9.17, 15) is 17.6 Å². The van der Waals surface area contributed by atoms with Gasteiger partial charge in [0, 0.05) is 5.41 Å². The van der Waals surface area contributed by atoms with Crippen molar-refractivity contribution in [1.29, 1.82) is 0 Å². The molecule has 152 valence electrons. The van der Waals surface area contributed by atoms with Gasteiger partial charge in [-0.25, -0.2) is 9.07 Å². The van der Waals surface area contributed by atoms with Crippen molar-refractivity contribution >= 4 is 6.08 Å². The van der Waals surface area contributed by atoms with Crippen LogP contribution in [-0.2, 0) is 6.42 Å². The van der Waals surface area contributed by atoms with Crippen LogP contribution in [-0.4, -0.2) is 16.0 Å². The van der Waals surface area contributed by atoms with Gasteiger partial charge in [-0.1, -0.05) is 24.1 Å². The third-order valence-corrected chi connectivity index (χ3v) is 7.01. The van der Waals surface area contributed by atoms with Gasteiger partial charge in [0.2, 0.25) is 0 Å². The average molecular weight is 402 g/mol. The molecule has 0 aliphatic heterocycles. The molecule has 1 heterocycles. The third kappa shape index (κ3) is 2.95. The van der Waals surface area contributed by atoms with E-state index < -0.39 is 12.1 Å². The number of benzene rings is 1. The van der Waals surface area contributed by atoms with Crippen LogP contribution in [0.1, 0.15) is 43.9 Å². The first-order chi connectivity index (χ1) is 13.8. The fourth-order valence-corrected chi connectivity index (χ4v) is 5.47. The predicted octanol–water partition coefficient (Wildman–Crippen LogP) is 6.27. The zero-order chi connectivity index (χ0) is 20.4. The molecule has 3 aliphatic carbocycles. The minimum atomic E-state index is -4.12. The maximum absolute atomic E-state index is 13.3. The van der Waals surface area contributed by atoms with E-state index in [1.807, 2.05) is 17.0 Å². The van der Waals surface area contributed by atoms with Crippen LogP contribution in [0.25, 0.3) is 11.8 Å². The van der Waals surface area contributed by atoms with Crippen LogP contribution in [0, 0.1) is 23.1 Å². The lowest BCUT2D eigenvalue weighted by Crippen LogP contribution is -2.39. The van der Waals surface area contributed by atoms with Crippen LogP contribution in [0.15, 0.2) is 47.7 Å². The van der Waals surface area contributed by atoms with Gasteiger partial charge in [-0.3, -0.25) is 0 Å². The van der Waals surface area contributed by atoms with Gasteiger partial charge in [0.05, 0.1) is 23.5 Å². The number of rotatable bonds is 1. The molecule has 3 atom stereocenters. The molecule has 1 fully saturated rings. The molecular formula is C23H22F4N2. The van der Waals surface area contributed by atoms with Crippen LogP contribution >= 0.6 is 0 Å². The molecule has 6 heteroatoms. The highest BCUT2D eigenvalue weighted by Gasteiger charge is 2.49. The number of nitrogens with zero attached hydrogens (tertiary/aromatic N) is 2. The van der Waals surface area contributed by atoms with Crippen LogP contribution in [0.4, 0.5) is 17.6 Å². The van der Waals surface area contributed by atoms with Crippen molar-refractivity contribution in [2.45, 2.75) is 45.2 Å². The maximum Gasteiger partial charge on any atom is 0.392 e. The Morgan fingerprint density at radius 2 is 1.93 bits per heavy atom. The van der Waals surface area contributed by atoms with E-state index in [0.717, 1.165) is 36.2 Å². The van der Waals surface area contributed by atoms with E-state index in [2.05, 4.69) is 18.1 Å². The number of hydrogen-bond donors (Lipinski definition) is 0. The van der Waals surface area contributed by atoms with Gasteiger partial charge in [-0.05, 0) is 73.9 Å². The Bertz CT molecular complexity index is 1010. The van der Waals surface area contributed by atoms with Crippen LogP contribution in [0.5, 0.6) is 0 Å². The Kier molecular flexibility index (Phi) is 4.06. The van der Waals surface area contributed by atoms with Gasteiger partial charge >= 0.3 is 6.18 Å². The first-order valence-corrected chi connectivity index (χ1v) is 10.1. The number of allylic oxidation sites excluding steroid dienone is 3. The van der Waals surface area contributed by atoms with Gasteiger partial charge in [0.25, 0.3) is 0 Å². The second kappa shape index (κ2) is 6.31. The molecule has 0 saturated heterocycles. The van der Waals surface area contributed by atoms with Crippen molar-refractivity contribution in [3.05, 3.63) is 64.8 Å². The summed E-state index contributed by atoms with van der Waals surface area (Å²) in [5, 5.41) is 4.52. The molecule has 0 N–H and O–H groups in total. The lowest BCUT2D eigenvalue weighted by Gasteiger charge is -2.48. The Balaban J connectivity index is 1.51. The third-order valence-electron chi connectivity index (χ3n) is 7.01. The molecular weight excluding hydrogens is 380 g/mol. The summed E-state index contributed by atoms with van der Waals surface area (Å²) in [6.45, 7) is 2.17. The summed E-state index contributed by atoms with van der Waals surface area (Å²) in [7, 11) is 0. The van der Waals surface area contributed by atoms with Gasteiger partial charge in [-0.2, -0.15) is 18.3 Å². The number of halogens is 4. The van der Waals surface area contributed by atoms with E-state index in [-0.39, 0.29) is 30.0 Å². The van der Waals surface area contributed by atoms with Gasteiger partial charge < -0.3 is 0 Å². The van der Waals surface area contributed by atoms with E-state index >= 15 is 0 Å². The molecule has 1 aromatic carbocycles. The fourth-order valence-electron chi connectivity index (χ4n) is 5.47. The Morgan fingerprint density at radius 3 is 2.66 bits per heavy atom. The molecule has 5 rings (SSSR count). The molecule has 0 radical (unpaired) electrons. The minimum Gasteiger partial charge on any atom is -0.233 e. The molecule has 0 amide bonds. The summed E-state index contributed by atoms with van der Waals surface area (Å²) in [4.78, 5) is 0. The molecule has 2 nitrogen and oxygen atoms in total. The average Bonchev–Trinajstić information content (AvgIpc) is 3.07. The first-order valence-electron chi connectivity index (χ1n) is 10.1. The van der Waals surface area contributed by atoms with Crippen molar-refractivity contribution in [2.24, 2.45) is 17.3 Å². The molecule has 2 aromatic rings. The topological polar surface area (TPSA) is 17.8 Å². The molecule has 0 bridgehead atoms. The van der Waals surface area contributed by atoms with Crippen molar-refractivity contribution in [3.8, 4) is 5.69 Å². The first kappa shape index (κ1) is 18.6. The molecule has 1 aromatic heterocycles. The smallest absolute Gasteiger partial charge is 0.233 e. The monoisotopic (exact) mass is 402 g/mol. The zero-order valence-corrected chi connectivity index (χ0v) is 16.1. The molecule has 0 unspecified atom stereocenters. The van der Waals surface area contributed by atoms with Crippen molar-refractivity contribution < 1.29 is 17.6 Å². The van der Waals surface area contributed by atoms with E-state index in [4.69, 9.17) is 0 Å². The lowest BCUT2D eigenvalue weighted by atomic mass is 9.56. The van der Waals surface area contributed by atoms with Gasteiger partial charge in [0.1, 0.15) is 5.82 Å². The fraction of sp³-hybridized carbons (Fsp3) is 0.435. The maximum atomic E-state index is 13.3. The Morgan fingerprint density at radius 1 is 1.17 bits per heavy atom. The summed E-state index contributed by atoms with van der Waals surface area (Å²) in [5.41, 5.74) is 5.08. The largest absolute Gasteiger partial charge is 0.392 e.